The lowest BCUT2D eigenvalue weighted by Gasteiger charge is -2.22. The molecule has 0 saturated heterocycles. The highest BCUT2D eigenvalue weighted by Gasteiger charge is 2.27. The summed E-state index contributed by atoms with van der Waals surface area (Å²) in [6.45, 7) is 3.54. The lowest BCUT2D eigenvalue weighted by molar-refractivity contribution is -0.116. The summed E-state index contributed by atoms with van der Waals surface area (Å²) in [6, 6.07) is 20.9. The summed E-state index contributed by atoms with van der Waals surface area (Å²) in [7, 11) is -3.94. The number of aryl methyl sites for hydroxylation is 2. The molecule has 1 N–H and O–H groups in total. The Hall–Kier alpha value is -2.67. The highest BCUT2D eigenvalue weighted by atomic mass is 35.5. The molecule has 156 valence electrons. The topological polar surface area (TPSA) is 66.5 Å². The average Bonchev–Trinajstić information content (AvgIpc) is 2.71. The van der Waals surface area contributed by atoms with Crippen LogP contribution in [0.4, 0.5) is 5.69 Å². The maximum atomic E-state index is 13.3. The van der Waals surface area contributed by atoms with Crippen LogP contribution in [0.2, 0.25) is 5.02 Å². The van der Waals surface area contributed by atoms with Crippen LogP contribution in [-0.2, 0) is 21.4 Å². The molecule has 0 saturated carbocycles. The van der Waals surface area contributed by atoms with E-state index in [-0.39, 0.29) is 18.0 Å². The second kappa shape index (κ2) is 9.43. The predicted molar refractivity (Wildman–Crippen MR) is 120 cm³/mol. The predicted octanol–water partition coefficient (Wildman–Crippen LogP) is 4.79. The smallest absolute Gasteiger partial charge is 0.243 e. The average molecular weight is 443 g/mol. The molecule has 7 heteroatoms. The fourth-order valence-corrected chi connectivity index (χ4v) is 4.83. The van der Waals surface area contributed by atoms with Crippen molar-refractivity contribution >= 4 is 33.2 Å². The zero-order chi connectivity index (χ0) is 21.7. The van der Waals surface area contributed by atoms with E-state index in [0.717, 1.165) is 21.0 Å². The van der Waals surface area contributed by atoms with Crippen LogP contribution in [0.15, 0.2) is 77.7 Å². The van der Waals surface area contributed by atoms with Gasteiger partial charge in [0.25, 0.3) is 0 Å². The van der Waals surface area contributed by atoms with E-state index in [1.807, 2.05) is 62.4 Å². The summed E-state index contributed by atoms with van der Waals surface area (Å²) >= 11 is 6.00. The van der Waals surface area contributed by atoms with Crippen molar-refractivity contribution in [3.05, 3.63) is 94.5 Å². The number of para-hydroxylation sites is 1. The van der Waals surface area contributed by atoms with E-state index in [4.69, 9.17) is 11.6 Å². The van der Waals surface area contributed by atoms with Crippen molar-refractivity contribution in [3.63, 3.8) is 0 Å². The van der Waals surface area contributed by atoms with Crippen LogP contribution in [-0.4, -0.2) is 25.2 Å². The summed E-state index contributed by atoms with van der Waals surface area (Å²) < 4.78 is 27.8. The Morgan fingerprint density at radius 3 is 2.20 bits per heavy atom. The summed E-state index contributed by atoms with van der Waals surface area (Å²) in [4.78, 5) is 12.9. The monoisotopic (exact) mass is 442 g/mol. The number of carbonyl (C=O) groups is 1. The van der Waals surface area contributed by atoms with Gasteiger partial charge in [-0.2, -0.15) is 4.31 Å². The Morgan fingerprint density at radius 1 is 0.933 bits per heavy atom. The van der Waals surface area contributed by atoms with Crippen molar-refractivity contribution in [2.75, 3.05) is 11.9 Å². The number of amides is 1. The molecule has 0 heterocycles. The maximum absolute atomic E-state index is 13.3. The first kappa shape index (κ1) is 22.0. The third-order valence-electron chi connectivity index (χ3n) is 4.70. The van der Waals surface area contributed by atoms with Gasteiger partial charge < -0.3 is 5.32 Å². The molecule has 5 nitrogen and oxygen atoms in total. The van der Waals surface area contributed by atoms with E-state index in [9.17, 15) is 13.2 Å². The van der Waals surface area contributed by atoms with Crippen LogP contribution < -0.4 is 5.32 Å². The summed E-state index contributed by atoms with van der Waals surface area (Å²) in [5.41, 5.74) is 3.30. The molecule has 0 aliphatic carbocycles. The molecule has 3 rings (SSSR count). The number of anilines is 1. The van der Waals surface area contributed by atoms with Gasteiger partial charge in [-0.15, -0.1) is 0 Å². The molecule has 0 atom stereocenters. The Labute approximate surface area is 182 Å². The summed E-state index contributed by atoms with van der Waals surface area (Å²) in [5, 5.41) is 3.17. The van der Waals surface area contributed by atoms with E-state index in [1.165, 1.54) is 12.1 Å². The first-order chi connectivity index (χ1) is 14.3. The lowest BCUT2D eigenvalue weighted by atomic mass is 10.1. The third-order valence-corrected chi connectivity index (χ3v) is 6.72. The fourth-order valence-electron chi connectivity index (χ4n) is 3.14. The molecule has 0 aromatic heterocycles. The zero-order valence-corrected chi connectivity index (χ0v) is 18.4. The highest BCUT2D eigenvalue weighted by Crippen LogP contribution is 2.23. The highest BCUT2D eigenvalue weighted by molar-refractivity contribution is 7.89. The van der Waals surface area contributed by atoms with Crippen molar-refractivity contribution in [2.45, 2.75) is 25.3 Å². The van der Waals surface area contributed by atoms with Crippen molar-refractivity contribution in [2.24, 2.45) is 0 Å². The number of benzene rings is 3. The number of hydrogen-bond donors (Lipinski definition) is 1. The quantitative estimate of drug-likeness (QED) is 0.572. The second-order valence-corrected chi connectivity index (χ2v) is 9.41. The Kier molecular flexibility index (Phi) is 6.92. The van der Waals surface area contributed by atoms with Gasteiger partial charge in [0.15, 0.2) is 0 Å². The Balaban J connectivity index is 1.90. The van der Waals surface area contributed by atoms with Gasteiger partial charge in [-0.25, -0.2) is 8.42 Å². The van der Waals surface area contributed by atoms with Gasteiger partial charge in [-0.1, -0.05) is 66.2 Å². The number of halogens is 1. The zero-order valence-electron chi connectivity index (χ0n) is 16.8. The van der Waals surface area contributed by atoms with Crippen molar-refractivity contribution in [1.82, 2.24) is 4.31 Å². The van der Waals surface area contributed by atoms with Crippen LogP contribution in [0.5, 0.6) is 0 Å². The van der Waals surface area contributed by atoms with Crippen molar-refractivity contribution in [3.8, 4) is 0 Å². The standard InChI is InChI=1S/C23H23ClN2O3S/c1-17-8-6-9-18(2)23(17)25-22(27)16-26(15-19-10-4-3-5-11-19)30(28,29)21-13-7-12-20(24)14-21/h3-14H,15-16H2,1-2H3,(H,25,27). The van der Waals surface area contributed by atoms with E-state index in [2.05, 4.69) is 5.32 Å². The van der Waals surface area contributed by atoms with Crippen LogP contribution in [0, 0.1) is 13.8 Å². The molecular formula is C23H23ClN2O3S. The number of hydrogen-bond acceptors (Lipinski definition) is 3. The van der Waals surface area contributed by atoms with Gasteiger partial charge in [0, 0.05) is 17.3 Å². The molecule has 0 radical (unpaired) electrons. The number of sulfonamides is 1. The molecule has 0 spiro atoms. The first-order valence-electron chi connectivity index (χ1n) is 9.43. The lowest BCUT2D eigenvalue weighted by Crippen LogP contribution is -2.37. The van der Waals surface area contributed by atoms with Crippen LogP contribution in [0.3, 0.4) is 0 Å². The molecule has 3 aromatic rings. The van der Waals surface area contributed by atoms with Gasteiger partial charge in [-0.3, -0.25) is 4.79 Å². The van der Waals surface area contributed by atoms with Gasteiger partial charge in [0.2, 0.25) is 15.9 Å². The van der Waals surface area contributed by atoms with Gasteiger partial charge in [0.05, 0.1) is 11.4 Å². The number of carbonyl (C=O) groups excluding carboxylic acids is 1. The minimum Gasteiger partial charge on any atom is -0.324 e. The molecule has 0 aliphatic rings. The Morgan fingerprint density at radius 2 is 1.57 bits per heavy atom. The Bertz CT molecular complexity index is 1130. The molecule has 0 aliphatic heterocycles. The SMILES string of the molecule is Cc1cccc(C)c1NC(=O)CN(Cc1ccccc1)S(=O)(=O)c1cccc(Cl)c1. The number of nitrogens with zero attached hydrogens (tertiary/aromatic N) is 1. The van der Waals surface area contributed by atoms with Gasteiger partial charge >= 0.3 is 0 Å². The molecular weight excluding hydrogens is 420 g/mol. The number of nitrogens with one attached hydrogen (secondary N) is 1. The number of rotatable bonds is 7. The normalized spacial score (nSPS) is 11.5. The van der Waals surface area contributed by atoms with Crippen LogP contribution >= 0.6 is 11.6 Å². The van der Waals surface area contributed by atoms with Crippen LogP contribution in [0.1, 0.15) is 16.7 Å². The van der Waals surface area contributed by atoms with Crippen LogP contribution in [0.25, 0.3) is 0 Å². The molecule has 3 aromatic carbocycles. The van der Waals surface area contributed by atoms with Crippen molar-refractivity contribution in [1.29, 1.82) is 0 Å². The molecule has 0 unspecified atom stereocenters. The van der Waals surface area contributed by atoms with Crippen molar-refractivity contribution < 1.29 is 13.2 Å². The molecule has 0 fully saturated rings. The van der Waals surface area contributed by atoms with Gasteiger partial charge in [-0.05, 0) is 48.7 Å². The van der Waals surface area contributed by atoms with E-state index >= 15 is 0 Å². The maximum Gasteiger partial charge on any atom is 0.243 e. The first-order valence-corrected chi connectivity index (χ1v) is 11.2. The minimum absolute atomic E-state index is 0.0470. The third kappa shape index (κ3) is 5.27. The van der Waals surface area contributed by atoms with E-state index < -0.39 is 15.9 Å². The van der Waals surface area contributed by atoms with E-state index in [0.29, 0.717) is 10.7 Å². The summed E-state index contributed by atoms with van der Waals surface area (Å²) in [5.74, 6) is -0.408. The molecule has 1 amide bonds. The second-order valence-electron chi connectivity index (χ2n) is 7.03. The molecule has 0 bridgehead atoms. The fraction of sp³-hybridized carbons (Fsp3) is 0.174. The largest absolute Gasteiger partial charge is 0.324 e. The van der Waals surface area contributed by atoms with Gasteiger partial charge in [0.1, 0.15) is 0 Å². The van der Waals surface area contributed by atoms with E-state index in [1.54, 1.807) is 12.1 Å². The minimum atomic E-state index is -3.94. The molecule has 30 heavy (non-hydrogen) atoms. The summed E-state index contributed by atoms with van der Waals surface area (Å²) in [6.07, 6.45) is 0.